The second-order valence-corrected chi connectivity index (χ2v) is 8.76. The van der Waals surface area contributed by atoms with E-state index in [0.717, 1.165) is 28.1 Å². The minimum atomic E-state index is -0.0150. The number of fused-ring (bicyclic) bond motifs is 1. The normalized spacial score (nSPS) is 11.1. The molecule has 0 bridgehead atoms. The molecule has 148 valence electrons. The van der Waals surface area contributed by atoms with Crippen molar-refractivity contribution in [2.75, 3.05) is 12.9 Å². The van der Waals surface area contributed by atoms with Crippen LogP contribution in [-0.4, -0.2) is 28.2 Å². The van der Waals surface area contributed by atoms with Gasteiger partial charge in [-0.2, -0.15) is 0 Å². The summed E-state index contributed by atoms with van der Waals surface area (Å²) in [7, 11) is 1.58. The van der Waals surface area contributed by atoms with Crippen molar-refractivity contribution in [2.45, 2.75) is 45.3 Å². The maximum absolute atomic E-state index is 13.1. The fraction of sp³-hybridized carbons (Fsp3) is 0.381. The van der Waals surface area contributed by atoms with E-state index in [4.69, 9.17) is 9.72 Å². The van der Waals surface area contributed by atoms with Crippen molar-refractivity contribution in [3.63, 3.8) is 0 Å². The minimum Gasteiger partial charge on any atom is -0.497 e. The summed E-state index contributed by atoms with van der Waals surface area (Å²) in [6.07, 6.45) is 1.88. The number of thioether (sulfide) groups is 1. The quantitative estimate of drug-likeness (QED) is 0.298. The van der Waals surface area contributed by atoms with Gasteiger partial charge in [-0.25, -0.2) is 4.98 Å². The van der Waals surface area contributed by atoms with Crippen LogP contribution in [-0.2, 0) is 6.54 Å². The maximum Gasteiger partial charge on any atom is 0.263 e. The van der Waals surface area contributed by atoms with Gasteiger partial charge in [0.15, 0.2) is 10.9 Å². The number of aromatic nitrogens is 2. The lowest BCUT2D eigenvalue weighted by atomic mass is 10.1. The van der Waals surface area contributed by atoms with Gasteiger partial charge in [0.1, 0.15) is 10.6 Å². The number of nitrogens with zero attached hydrogens (tertiary/aromatic N) is 2. The van der Waals surface area contributed by atoms with E-state index in [1.807, 2.05) is 19.9 Å². The van der Waals surface area contributed by atoms with E-state index in [2.05, 4.69) is 6.92 Å². The Morgan fingerprint density at radius 3 is 2.82 bits per heavy atom. The van der Waals surface area contributed by atoms with Crippen LogP contribution < -0.4 is 10.3 Å². The number of thiophene rings is 1. The number of hydrogen-bond donors (Lipinski definition) is 0. The zero-order valence-electron chi connectivity index (χ0n) is 16.6. The predicted molar refractivity (Wildman–Crippen MR) is 116 cm³/mol. The molecule has 0 aliphatic carbocycles. The Bertz CT molecular complexity index is 1070. The summed E-state index contributed by atoms with van der Waals surface area (Å²) in [6.45, 7) is 6.69. The molecule has 2 heterocycles. The Labute approximate surface area is 172 Å². The molecule has 1 aromatic carbocycles. The highest BCUT2D eigenvalue weighted by Gasteiger charge is 2.18. The first-order valence-corrected chi connectivity index (χ1v) is 11.1. The average molecular weight is 417 g/mol. The van der Waals surface area contributed by atoms with Gasteiger partial charge in [0.05, 0.1) is 18.2 Å². The molecule has 0 spiro atoms. The smallest absolute Gasteiger partial charge is 0.263 e. The molecule has 0 unspecified atom stereocenters. The second kappa shape index (κ2) is 8.92. The van der Waals surface area contributed by atoms with Gasteiger partial charge in [0.25, 0.3) is 5.56 Å². The highest BCUT2D eigenvalue weighted by Crippen LogP contribution is 2.29. The van der Waals surface area contributed by atoms with Gasteiger partial charge in [0.2, 0.25) is 0 Å². The molecule has 0 aliphatic heterocycles. The van der Waals surface area contributed by atoms with E-state index >= 15 is 0 Å². The molecule has 7 heteroatoms. The van der Waals surface area contributed by atoms with Crippen molar-refractivity contribution in [1.82, 2.24) is 9.55 Å². The first-order chi connectivity index (χ1) is 13.5. The molecule has 0 saturated heterocycles. The van der Waals surface area contributed by atoms with Crippen LogP contribution in [0.1, 0.15) is 40.6 Å². The number of unbranched alkanes of at least 4 members (excludes halogenated alkanes) is 1. The summed E-state index contributed by atoms with van der Waals surface area (Å²) in [5.74, 6) is 0.860. The average Bonchev–Trinajstić information content (AvgIpc) is 2.99. The van der Waals surface area contributed by atoms with E-state index in [-0.39, 0.29) is 17.1 Å². The molecule has 0 fully saturated rings. The van der Waals surface area contributed by atoms with Crippen molar-refractivity contribution < 1.29 is 9.53 Å². The zero-order valence-corrected chi connectivity index (χ0v) is 18.2. The molecule has 0 aliphatic rings. The summed E-state index contributed by atoms with van der Waals surface area (Å²) in [5.41, 5.74) is 1.60. The monoisotopic (exact) mass is 416 g/mol. The number of rotatable bonds is 8. The van der Waals surface area contributed by atoms with Gasteiger partial charge in [-0.15, -0.1) is 11.3 Å². The third-order valence-corrected chi connectivity index (χ3v) is 6.79. The highest BCUT2D eigenvalue weighted by molar-refractivity contribution is 7.99. The van der Waals surface area contributed by atoms with Gasteiger partial charge in [0, 0.05) is 17.0 Å². The molecular weight excluding hydrogens is 392 g/mol. The van der Waals surface area contributed by atoms with Gasteiger partial charge in [-0.3, -0.25) is 14.2 Å². The predicted octanol–water partition coefficient (Wildman–Crippen LogP) is 4.86. The Balaban J connectivity index is 1.92. The van der Waals surface area contributed by atoms with Crippen molar-refractivity contribution in [3.05, 3.63) is 50.6 Å². The maximum atomic E-state index is 13.1. The summed E-state index contributed by atoms with van der Waals surface area (Å²) in [5, 5.41) is 1.32. The lowest BCUT2D eigenvalue weighted by Crippen LogP contribution is -2.23. The van der Waals surface area contributed by atoms with E-state index in [9.17, 15) is 9.59 Å². The second-order valence-electron chi connectivity index (χ2n) is 6.61. The van der Waals surface area contributed by atoms with Gasteiger partial charge in [-0.05, 0) is 38.0 Å². The molecule has 28 heavy (non-hydrogen) atoms. The van der Waals surface area contributed by atoms with Crippen LogP contribution in [0, 0.1) is 13.8 Å². The Morgan fingerprint density at radius 1 is 1.32 bits per heavy atom. The zero-order chi connectivity index (χ0) is 20.3. The highest BCUT2D eigenvalue weighted by atomic mass is 32.2. The van der Waals surface area contributed by atoms with Crippen molar-refractivity contribution in [2.24, 2.45) is 0 Å². The van der Waals surface area contributed by atoms with Crippen LogP contribution in [0.2, 0.25) is 0 Å². The van der Waals surface area contributed by atoms with Gasteiger partial charge < -0.3 is 4.74 Å². The van der Waals surface area contributed by atoms with Crippen LogP contribution in [0.15, 0.2) is 34.2 Å². The van der Waals surface area contributed by atoms with Crippen LogP contribution in [0.25, 0.3) is 10.2 Å². The third kappa shape index (κ3) is 4.15. The molecule has 2 aromatic heterocycles. The lowest BCUT2D eigenvalue weighted by molar-refractivity contribution is 0.102. The van der Waals surface area contributed by atoms with Crippen LogP contribution in [0.4, 0.5) is 0 Å². The molecule has 3 aromatic rings. The summed E-state index contributed by atoms with van der Waals surface area (Å²) < 4.78 is 6.92. The van der Waals surface area contributed by atoms with Gasteiger partial charge >= 0.3 is 0 Å². The molecule has 5 nitrogen and oxygen atoms in total. The summed E-state index contributed by atoms with van der Waals surface area (Å²) in [4.78, 5) is 32.3. The minimum absolute atomic E-state index is 0.00312. The standard InChI is InChI=1S/C21H24N2O3S2/c1-5-6-10-23-20(25)18-13(2)14(3)28-19(18)22-21(23)27-12-17(24)15-8-7-9-16(11-15)26-4/h7-9,11H,5-6,10,12H2,1-4H3. The van der Waals surface area contributed by atoms with Crippen molar-refractivity contribution in [3.8, 4) is 5.75 Å². The Morgan fingerprint density at radius 2 is 2.11 bits per heavy atom. The number of aryl methyl sites for hydroxylation is 2. The molecular formula is C21H24N2O3S2. The van der Waals surface area contributed by atoms with Crippen molar-refractivity contribution >= 4 is 39.1 Å². The first kappa shape index (κ1) is 20.6. The number of ketones is 1. The first-order valence-electron chi connectivity index (χ1n) is 9.26. The summed E-state index contributed by atoms with van der Waals surface area (Å²) in [6, 6.07) is 7.12. The molecule has 0 amide bonds. The molecule has 0 saturated carbocycles. The Kier molecular flexibility index (Phi) is 6.57. The summed E-state index contributed by atoms with van der Waals surface area (Å²) >= 11 is 2.86. The number of Topliss-reactive ketones (excluding diaryl/α,β-unsaturated/α-hetero) is 1. The van der Waals surface area contributed by atoms with Gasteiger partial charge in [-0.1, -0.05) is 37.2 Å². The van der Waals surface area contributed by atoms with Crippen LogP contribution in [0.5, 0.6) is 5.75 Å². The topological polar surface area (TPSA) is 61.2 Å². The molecule has 0 N–H and O–H groups in total. The number of methoxy groups -OCH3 is 1. The SMILES string of the molecule is CCCCn1c(SCC(=O)c2cccc(OC)c2)nc2sc(C)c(C)c2c1=O. The van der Waals surface area contributed by atoms with Crippen LogP contribution in [0.3, 0.4) is 0 Å². The van der Waals surface area contributed by atoms with Crippen molar-refractivity contribution in [1.29, 1.82) is 0 Å². The van der Waals surface area contributed by atoms with Crippen LogP contribution >= 0.6 is 23.1 Å². The van der Waals surface area contributed by atoms with E-state index < -0.39 is 0 Å². The lowest BCUT2D eigenvalue weighted by Gasteiger charge is -2.11. The molecule has 0 radical (unpaired) electrons. The fourth-order valence-corrected chi connectivity index (χ4v) is 4.93. The number of carbonyl (C=O) groups is 1. The largest absolute Gasteiger partial charge is 0.497 e. The Hall–Kier alpha value is -2.12. The fourth-order valence-electron chi connectivity index (χ4n) is 2.94. The van der Waals surface area contributed by atoms with E-state index in [1.165, 1.54) is 23.1 Å². The molecule has 0 atom stereocenters. The van der Waals surface area contributed by atoms with E-state index in [1.54, 1.807) is 29.9 Å². The third-order valence-electron chi connectivity index (χ3n) is 4.71. The number of benzene rings is 1. The van der Waals surface area contributed by atoms with E-state index in [0.29, 0.717) is 28.4 Å². The number of carbonyl (C=O) groups excluding carboxylic acids is 1. The number of hydrogen-bond acceptors (Lipinski definition) is 6. The molecule has 3 rings (SSSR count). The number of ether oxygens (including phenoxy) is 1.